The number of thiophene rings is 1. The number of nitrogens with zero attached hydrogens (tertiary/aromatic N) is 3. The molecule has 2 aromatic heterocycles. The van der Waals surface area contributed by atoms with Crippen molar-refractivity contribution in [2.75, 3.05) is 11.9 Å². The Labute approximate surface area is 203 Å². The molecule has 3 N–H and O–H groups in total. The van der Waals surface area contributed by atoms with E-state index in [0.29, 0.717) is 40.7 Å². The number of aliphatic imine (C=N–C) groups is 1. The molecule has 0 saturated heterocycles. The first-order chi connectivity index (χ1) is 16.2. The molecule has 3 heterocycles. The van der Waals surface area contributed by atoms with Crippen molar-refractivity contribution >= 4 is 41.2 Å². The first kappa shape index (κ1) is 23.2. The molecule has 34 heavy (non-hydrogen) atoms. The first-order valence-electron chi connectivity index (χ1n) is 11.6. The van der Waals surface area contributed by atoms with Gasteiger partial charge in [0.05, 0.1) is 5.71 Å². The van der Waals surface area contributed by atoms with Crippen molar-refractivity contribution in [3.8, 4) is 5.88 Å². The fourth-order valence-corrected chi connectivity index (χ4v) is 8.05. The number of rotatable bonds is 5. The van der Waals surface area contributed by atoms with Gasteiger partial charge in [0.2, 0.25) is 13.2 Å². The molecule has 1 fully saturated rings. The Balaban J connectivity index is 1.27. The van der Waals surface area contributed by atoms with Gasteiger partial charge in [-0.2, -0.15) is 16.3 Å². The van der Waals surface area contributed by atoms with Gasteiger partial charge < -0.3 is 15.4 Å². The highest BCUT2D eigenvalue weighted by atomic mass is 32.1. The van der Waals surface area contributed by atoms with Crippen molar-refractivity contribution in [3.05, 3.63) is 58.5 Å². The van der Waals surface area contributed by atoms with Crippen molar-refractivity contribution in [1.29, 1.82) is 0 Å². The maximum absolute atomic E-state index is 12.8. The largest absolute Gasteiger partial charge is 0.463 e. The van der Waals surface area contributed by atoms with Gasteiger partial charge in [0.25, 0.3) is 0 Å². The van der Waals surface area contributed by atoms with Crippen molar-refractivity contribution in [2.24, 2.45) is 10.9 Å². The van der Waals surface area contributed by atoms with Crippen LogP contribution in [0.5, 0.6) is 5.88 Å². The average molecular weight is 497 g/mol. The van der Waals surface area contributed by atoms with Gasteiger partial charge in [-0.3, -0.25) is 4.57 Å². The standard InChI is InChI=1S/C25H29N4O3PS/c1-25(2)22(29-21-23(26)27-15-28-24(21)32-25)19-9-7-18(8-10-19)17-5-3-16(4-6-17)13-33(30,31)20-11-12-34-14-20/h7-12,14-17H,3-6,13H2,1-2H3,(H,30,31)(H2,26,27,28). The quantitative estimate of drug-likeness (QED) is 0.465. The highest BCUT2D eigenvalue weighted by Crippen LogP contribution is 2.47. The smallest absolute Gasteiger partial charge is 0.246 e. The van der Waals surface area contributed by atoms with Gasteiger partial charge in [0.1, 0.15) is 11.9 Å². The van der Waals surface area contributed by atoms with Gasteiger partial charge in [-0.15, -0.1) is 0 Å². The van der Waals surface area contributed by atoms with Crippen LogP contribution in [0.1, 0.15) is 56.6 Å². The van der Waals surface area contributed by atoms with Gasteiger partial charge in [0.15, 0.2) is 11.5 Å². The summed E-state index contributed by atoms with van der Waals surface area (Å²) in [6, 6.07) is 10.3. The van der Waals surface area contributed by atoms with Gasteiger partial charge >= 0.3 is 0 Å². The van der Waals surface area contributed by atoms with E-state index in [1.807, 2.05) is 19.2 Å². The number of aromatic nitrogens is 2. The Hall–Kier alpha value is -2.54. The first-order valence-corrected chi connectivity index (χ1v) is 14.4. The minimum absolute atomic E-state index is 0.300. The molecular formula is C25H29N4O3PS. The summed E-state index contributed by atoms with van der Waals surface area (Å²) in [5.74, 6) is 1.47. The zero-order valence-corrected chi connectivity index (χ0v) is 21.1. The topological polar surface area (TPSA) is 111 Å². The minimum Gasteiger partial charge on any atom is -0.463 e. The normalized spacial score (nSPS) is 23.3. The molecule has 1 unspecified atom stereocenters. The van der Waals surface area contributed by atoms with Crippen LogP contribution in [0.25, 0.3) is 0 Å². The number of nitrogen functional groups attached to an aromatic ring is 1. The number of hydrogen-bond donors (Lipinski definition) is 2. The van der Waals surface area contributed by atoms with E-state index < -0.39 is 13.0 Å². The molecule has 0 radical (unpaired) electrons. The molecule has 1 aliphatic heterocycles. The predicted molar refractivity (Wildman–Crippen MR) is 137 cm³/mol. The molecule has 1 aromatic carbocycles. The molecule has 178 valence electrons. The summed E-state index contributed by atoms with van der Waals surface area (Å²) in [7, 11) is -3.25. The second kappa shape index (κ2) is 8.91. The average Bonchev–Trinajstić information content (AvgIpc) is 3.35. The number of hydrogen-bond acceptors (Lipinski definition) is 7. The van der Waals surface area contributed by atoms with Crippen molar-refractivity contribution in [3.63, 3.8) is 0 Å². The second-order valence-corrected chi connectivity index (χ2v) is 12.8. The number of benzene rings is 1. The number of ether oxygens (including phenoxy) is 1. The van der Waals surface area contributed by atoms with Crippen LogP contribution in [0.4, 0.5) is 11.5 Å². The summed E-state index contributed by atoms with van der Waals surface area (Å²) in [5.41, 5.74) is 8.90. The zero-order chi connectivity index (χ0) is 23.9. The monoisotopic (exact) mass is 496 g/mol. The van der Waals surface area contributed by atoms with Crippen molar-refractivity contribution < 1.29 is 14.2 Å². The van der Waals surface area contributed by atoms with Gasteiger partial charge in [-0.25, -0.2) is 9.98 Å². The molecule has 0 spiro atoms. The molecular weight excluding hydrogens is 467 g/mol. The number of anilines is 1. The van der Waals surface area contributed by atoms with Crippen LogP contribution in [-0.2, 0) is 4.57 Å². The summed E-state index contributed by atoms with van der Waals surface area (Å²) in [5, 5.41) is 4.27. The lowest BCUT2D eigenvalue weighted by Crippen LogP contribution is -2.41. The van der Waals surface area contributed by atoms with E-state index in [9.17, 15) is 9.46 Å². The third kappa shape index (κ3) is 4.54. The van der Waals surface area contributed by atoms with E-state index >= 15 is 0 Å². The van der Waals surface area contributed by atoms with E-state index in [2.05, 4.69) is 34.2 Å². The molecule has 0 bridgehead atoms. The summed E-state index contributed by atoms with van der Waals surface area (Å²) < 4.78 is 18.8. The van der Waals surface area contributed by atoms with Crippen LogP contribution >= 0.6 is 18.7 Å². The fraction of sp³-hybridized carbons (Fsp3) is 0.400. The molecule has 7 nitrogen and oxygen atoms in total. The second-order valence-electron chi connectivity index (χ2n) is 9.69. The van der Waals surface area contributed by atoms with Crippen LogP contribution in [0, 0.1) is 5.92 Å². The molecule has 1 saturated carbocycles. The molecule has 5 rings (SSSR count). The Morgan fingerprint density at radius 2 is 1.88 bits per heavy atom. The zero-order valence-electron chi connectivity index (χ0n) is 19.3. The van der Waals surface area contributed by atoms with E-state index in [-0.39, 0.29) is 0 Å². The maximum atomic E-state index is 12.8. The summed E-state index contributed by atoms with van der Waals surface area (Å²) in [4.78, 5) is 23.5. The molecule has 9 heteroatoms. The SMILES string of the molecule is CC1(C)Oc2ncnc(N)c2N=C1c1ccc(C2CCC(CP(=O)(O)c3ccsc3)CC2)cc1. The van der Waals surface area contributed by atoms with E-state index in [0.717, 1.165) is 37.0 Å². The molecule has 1 aliphatic carbocycles. The van der Waals surface area contributed by atoms with Crippen LogP contribution in [0.3, 0.4) is 0 Å². The Kier molecular flexibility index (Phi) is 6.09. The molecule has 2 aliphatic rings. The van der Waals surface area contributed by atoms with Crippen LogP contribution in [0.15, 0.2) is 52.4 Å². The summed E-state index contributed by atoms with van der Waals surface area (Å²) >= 11 is 1.47. The number of fused-ring (bicyclic) bond motifs is 1. The van der Waals surface area contributed by atoms with Crippen molar-refractivity contribution in [1.82, 2.24) is 9.97 Å². The Morgan fingerprint density at radius 3 is 2.56 bits per heavy atom. The highest BCUT2D eigenvalue weighted by Gasteiger charge is 2.35. The van der Waals surface area contributed by atoms with Crippen molar-refractivity contribution in [2.45, 2.75) is 51.0 Å². The van der Waals surface area contributed by atoms with Crippen LogP contribution < -0.4 is 15.8 Å². The van der Waals surface area contributed by atoms with Gasteiger partial charge in [-0.1, -0.05) is 24.3 Å². The fourth-order valence-electron chi connectivity index (χ4n) is 5.01. The summed E-state index contributed by atoms with van der Waals surface area (Å²) in [6.45, 7) is 3.94. The molecule has 1 atom stereocenters. The highest BCUT2D eigenvalue weighted by molar-refractivity contribution is 7.66. The maximum Gasteiger partial charge on any atom is 0.246 e. The van der Waals surface area contributed by atoms with Crippen LogP contribution in [-0.4, -0.2) is 32.3 Å². The minimum atomic E-state index is -3.25. The van der Waals surface area contributed by atoms with Gasteiger partial charge in [-0.05, 0) is 68.4 Å². The van der Waals surface area contributed by atoms with E-state index in [1.54, 1.807) is 11.4 Å². The third-order valence-electron chi connectivity index (χ3n) is 6.88. The van der Waals surface area contributed by atoms with Gasteiger partial charge in [0, 0.05) is 22.4 Å². The van der Waals surface area contributed by atoms with E-state index in [4.69, 9.17) is 15.5 Å². The molecule has 3 aromatic rings. The van der Waals surface area contributed by atoms with E-state index in [1.165, 1.54) is 23.2 Å². The number of nitrogens with two attached hydrogens (primary N) is 1. The lowest BCUT2D eigenvalue weighted by atomic mass is 9.79. The lowest BCUT2D eigenvalue weighted by Gasteiger charge is -2.32. The van der Waals surface area contributed by atoms with Crippen LogP contribution in [0.2, 0.25) is 0 Å². The summed E-state index contributed by atoms with van der Waals surface area (Å²) in [6.07, 6.45) is 5.79. The Morgan fingerprint density at radius 1 is 1.15 bits per heavy atom. The molecule has 0 amide bonds. The Bertz CT molecular complexity index is 1250. The lowest BCUT2D eigenvalue weighted by molar-refractivity contribution is 0.171. The predicted octanol–water partition coefficient (Wildman–Crippen LogP) is 5.28. The third-order valence-corrected chi connectivity index (χ3v) is 9.83.